The predicted octanol–water partition coefficient (Wildman–Crippen LogP) is 3.13. The van der Waals surface area contributed by atoms with Crippen molar-refractivity contribution in [2.45, 2.75) is 33.2 Å². The first-order chi connectivity index (χ1) is 7.61. The standard InChI is InChI=1S/C14H18N2/c1-4-11-5-6-14-13(8-11)12(10(3)15)7-9(2)16-14/h5-8,10H,4,15H2,1-3H3. The van der Waals surface area contributed by atoms with E-state index in [1.54, 1.807) is 0 Å². The Morgan fingerprint density at radius 3 is 2.69 bits per heavy atom. The predicted molar refractivity (Wildman–Crippen MR) is 68.5 cm³/mol. The summed E-state index contributed by atoms with van der Waals surface area (Å²) in [6.07, 6.45) is 1.04. The third-order valence-electron chi connectivity index (χ3n) is 2.93. The number of nitrogens with two attached hydrogens (primary N) is 1. The summed E-state index contributed by atoms with van der Waals surface area (Å²) in [4.78, 5) is 4.54. The van der Waals surface area contributed by atoms with Crippen LogP contribution in [0.2, 0.25) is 0 Å². The van der Waals surface area contributed by atoms with Crippen molar-refractivity contribution in [3.05, 3.63) is 41.1 Å². The Labute approximate surface area is 96.5 Å². The molecule has 2 aromatic rings. The van der Waals surface area contributed by atoms with Gasteiger partial charge in [-0.15, -0.1) is 0 Å². The molecule has 0 saturated carbocycles. The highest BCUT2D eigenvalue weighted by Crippen LogP contribution is 2.24. The van der Waals surface area contributed by atoms with Gasteiger partial charge in [0.05, 0.1) is 5.52 Å². The van der Waals surface area contributed by atoms with Crippen LogP contribution in [0, 0.1) is 6.92 Å². The highest BCUT2D eigenvalue weighted by atomic mass is 14.7. The molecule has 2 N–H and O–H groups in total. The minimum atomic E-state index is 0.0521. The molecule has 1 unspecified atom stereocenters. The first-order valence-corrected chi connectivity index (χ1v) is 5.77. The van der Waals surface area contributed by atoms with Crippen molar-refractivity contribution < 1.29 is 0 Å². The van der Waals surface area contributed by atoms with Crippen LogP contribution >= 0.6 is 0 Å². The third-order valence-corrected chi connectivity index (χ3v) is 2.93. The molecule has 0 fully saturated rings. The van der Waals surface area contributed by atoms with Gasteiger partial charge in [-0.05, 0) is 49.6 Å². The molecular formula is C14H18N2. The average molecular weight is 214 g/mol. The number of fused-ring (bicyclic) bond motifs is 1. The summed E-state index contributed by atoms with van der Waals surface area (Å²) >= 11 is 0. The smallest absolute Gasteiger partial charge is 0.0708 e. The summed E-state index contributed by atoms with van der Waals surface area (Å²) in [6.45, 7) is 6.19. The lowest BCUT2D eigenvalue weighted by molar-refractivity contribution is 0.823. The fourth-order valence-corrected chi connectivity index (χ4v) is 2.03. The molecule has 1 heterocycles. The van der Waals surface area contributed by atoms with Crippen LogP contribution in [-0.4, -0.2) is 4.98 Å². The first-order valence-electron chi connectivity index (χ1n) is 5.77. The number of aryl methyl sites for hydroxylation is 2. The molecule has 1 aromatic heterocycles. The van der Waals surface area contributed by atoms with Gasteiger partial charge in [0, 0.05) is 17.1 Å². The van der Waals surface area contributed by atoms with Gasteiger partial charge in [-0.3, -0.25) is 4.98 Å². The Morgan fingerprint density at radius 2 is 2.06 bits per heavy atom. The molecule has 0 radical (unpaired) electrons. The molecule has 0 aliphatic carbocycles. The molecule has 0 saturated heterocycles. The van der Waals surface area contributed by atoms with Gasteiger partial charge in [-0.25, -0.2) is 0 Å². The Bertz CT molecular complexity index is 515. The number of hydrogen-bond acceptors (Lipinski definition) is 2. The van der Waals surface area contributed by atoms with E-state index in [1.807, 2.05) is 13.8 Å². The quantitative estimate of drug-likeness (QED) is 0.834. The van der Waals surface area contributed by atoms with Gasteiger partial charge in [0.15, 0.2) is 0 Å². The van der Waals surface area contributed by atoms with Gasteiger partial charge < -0.3 is 5.73 Å². The van der Waals surface area contributed by atoms with Gasteiger partial charge in [0.1, 0.15) is 0 Å². The molecular weight excluding hydrogens is 196 g/mol. The lowest BCUT2D eigenvalue weighted by Gasteiger charge is -2.12. The zero-order chi connectivity index (χ0) is 11.7. The van der Waals surface area contributed by atoms with Crippen LogP contribution < -0.4 is 5.73 Å². The minimum absolute atomic E-state index is 0.0521. The number of aromatic nitrogens is 1. The second-order valence-corrected chi connectivity index (χ2v) is 4.35. The Hall–Kier alpha value is -1.41. The molecule has 0 amide bonds. The molecule has 0 aliphatic rings. The lowest BCUT2D eigenvalue weighted by atomic mass is 10.00. The number of benzene rings is 1. The molecule has 16 heavy (non-hydrogen) atoms. The average Bonchev–Trinajstić information content (AvgIpc) is 2.27. The van der Waals surface area contributed by atoms with E-state index >= 15 is 0 Å². The molecule has 84 valence electrons. The fraction of sp³-hybridized carbons (Fsp3) is 0.357. The maximum absolute atomic E-state index is 6.01. The van der Waals surface area contributed by atoms with Crippen molar-refractivity contribution >= 4 is 10.9 Å². The highest BCUT2D eigenvalue weighted by molar-refractivity contribution is 5.83. The number of rotatable bonds is 2. The molecule has 0 aliphatic heterocycles. The molecule has 0 bridgehead atoms. The van der Waals surface area contributed by atoms with E-state index < -0.39 is 0 Å². The van der Waals surface area contributed by atoms with E-state index in [0.717, 1.165) is 17.6 Å². The molecule has 1 aromatic carbocycles. The topological polar surface area (TPSA) is 38.9 Å². The largest absolute Gasteiger partial charge is 0.324 e. The van der Waals surface area contributed by atoms with Crippen LogP contribution in [-0.2, 0) is 6.42 Å². The summed E-state index contributed by atoms with van der Waals surface area (Å²) in [6, 6.07) is 8.58. The zero-order valence-corrected chi connectivity index (χ0v) is 10.1. The van der Waals surface area contributed by atoms with E-state index in [4.69, 9.17) is 5.73 Å². The molecule has 2 nitrogen and oxygen atoms in total. The number of hydrogen-bond donors (Lipinski definition) is 1. The molecule has 0 spiro atoms. The second kappa shape index (κ2) is 4.22. The fourth-order valence-electron chi connectivity index (χ4n) is 2.03. The second-order valence-electron chi connectivity index (χ2n) is 4.35. The Balaban J connectivity index is 2.75. The Kier molecular flexibility index (Phi) is 2.92. The highest BCUT2D eigenvalue weighted by Gasteiger charge is 2.08. The van der Waals surface area contributed by atoms with Gasteiger partial charge in [-0.2, -0.15) is 0 Å². The monoisotopic (exact) mass is 214 g/mol. The summed E-state index contributed by atoms with van der Waals surface area (Å²) in [5, 5.41) is 1.19. The van der Waals surface area contributed by atoms with E-state index in [1.165, 1.54) is 16.5 Å². The van der Waals surface area contributed by atoms with E-state index in [9.17, 15) is 0 Å². The van der Waals surface area contributed by atoms with Crippen molar-refractivity contribution in [1.82, 2.24) is 4.98 Å². The van der Waals surface area contributed by atoms with E-state index in [0.29, 0.717) is 0 Å². The van der Waals surface area contributed by atoms with Crippen molar-refractivity contribution in [1.29, 1.82) is 0 Å². The van der Waals surface area contributed by atoms with Crippen LogP contribution in [0.3, 0.4) is 0 Å². The number of nitrogens with zero attached hydrogens (tertiary/aromatic N) is 1. The third kappa shape index (κ3) is 1.93. The lowest BCUT2D eigenvalue weighted by Crippen LogP contribution is -2.07. The molecule has 1 atom stereocenters. The van der Waals surface area contributed by atoms with Crippen LogP contribution in [0.15, 0.2) is 24.3 Å². The van der Waals surface area contributed by atoms with Crippen LogP contribution in [0.5, 0.6) is 0 Å². The normalized spacial score (nSPS) is 13.0. The molecule has 2 rings (SSSR count). The molecule has 2 heteroatoms. The van der Waals surface area contributed by atoms with Crippen LogP contribution in [0.25, 0.3) is 10.9 Å². The van der Waals surface area contributed by atoms with Crippen molar-refractivity contribution in [3.8, 4) is 0 Å². The first kappa shape index (κ1) is 11.1. The summed E-state index contributed by atoms with van der Waals surface area (Å²) in [7, 11) is 0. The maximum Gasteiger partial charge on any atom is 0.0708 e. The summed E-state index contributed by atoms with van der Waals surface area (Å²) in [5.41, 5.74) is 10.6. The van der Waals surface area contributed by atoms with Gasteiger partial charge in [0.25, 0.3) is 0 Å². The van der Waals surface area contributed by atoms with Crippen molar-refractivity contribution in [3.63, 3.8) is 0 Å². The van der Waals surface area contributed by atoms with Gasteiger partial charge in [-0.1, -0.05) is 13.0 Å². The summed E-state index contributed by atoms with van der Waals surface area (Å²) < 4.78 is 0. The van der Waals surface area contributed by atoms with E-state index in [-0.39, 0.29) is 6.04 Å². The SMILES string of the molecule is CCc1ccc2nc(C)cc(C(C)N)c2c1. The minimum Gasteiger partial charge on any atom is -0.324 e. The Morgan fingerprint density at radius 1 is 1.31 bits per heavy atom. The van der Waals surface area contributed by atoms with Crippen molar-refractivity contribution in [2.75, 3.05) is 0 Å². The van der Waals surface area contributed by atoms with Gasteiger partial charge in [0.2, 0.25) is 0 Å². The zero-order valence-electron chi connectivity index (χ0n) is 10.1. The maximum atomic E-state index is 6.01. The summed E-state index contributed by atoms with van der Waals surface area (Å²) in [5.74, 6) is 0. The van der Waals surface area contributed by atoms with E-state index in [2.05, 4.69) is 36.2 Å². The number of pyridine rings is 1. The van der Waals surface area contributed by atoms with Crippen molar-refractivity contribution in [2.24, 2.45) is 5.73 Å². The van der Waals surface area contributed by atoms with Crippen LogP contribution in [0.1, 0.15) is 36.7 Å². The van der Waals surface area contributed by atoms with Gasteiger partial charge >= 0.3 is 0 Å². The van der Waals surface area contributed by atoms with Crippen LogP contribution in [0.4, 0.5) is 0 Å².